The largest absolute Gasteiger partial charge is 0.356 e. The maximum Gasteiger partial charge on any atom is 0.223 e. The summed E-state index contributed by atoms with van der Waals surface area (Å²) in [5.41, 5.74) is 0. The molecule has 2 nitrogen and oxygen atoms in total. The molecule has 1 saturated carbocycles. The topological polar surface area (TPSA) is 29.1 Å². The van der Waals surface area contributed by atoms with Gasteiger partial charge in [0, 0.05) is 12.5 Å². The van der Waals surface area contributed by atoms with Gasteiger partial charge in [0.25, 0.3) is 0 Å². The Hall–Kier alpha value is -0.530. The second-order valence-electron chi connectivity index (χ2n) is 5.33. The summed E-state index contributed by atoms with van der Waals surface area (Å²) in [4.78, 5) is 11.9. The average molecular weight is 211 g/mol. The Balaban J connectivity index is 2.65. The van der Waals surface area contributed by atoms with Crippen molar-refractivity contribution in [1.82, 2.24) is 5.32 Å². The molecule has 3 atom stereocenters. The van der Waals surface area contributed by atoms with Crippen LogP contribution in [0, 0.1) is 23.7 Å². The molecular weight excluding hydrogens is 186 g/mol. The molecule has 15 heavy (non-hydrogen) atoms. The monoisotopic (exact) mass is 211 g/mol. The van der Waals surface area contributed by atoms with E-state index in [2.05, 4.69) is 26.1 Å². The van der Waals surface area contributed by atoms with E-state index < -0.39 is 0 Å². The summed E-state index contributed by atoms with van der Waals surface area (Å²) in [6.45, 7) is 9.51. The number of carbonyl (C=O) groups excluding carboxylic acids is 1. The van der Waals surface area contributed by atoms with Crippen molar-refractivity contribution in [2.75, 3.05) is 6.54 Å². The molecule has 1 rings (SSSR count). The van der Waals surface area contributed by atoms with Crippen molar-refractivity contribution in [3.05, 3.63) is 0 Å². The molecule has 0 radical (unpaired) electrons. The maximum absolute atomic E-state index is 11.9. The van der Waals surface area contributed by atoms with Gasteiger partial charge in [0.2, 0.25) is 5.91 Å². The van der Waals surface area contributed by atoms with Crippen LogP contribution >= 0.6 is 0 Å². The lowest BCUT2D eigenvalue weighted by molar-refractivity contribution is -0.129. The fourth-order valence-electron chi connectivity index (χ4n) is 2.81. The van der Waals surface area contributed by atoms with E-state index in [1.807, 2.05) is 6.92 Å². The quantitative estimate of drug-likeness (QED) is 0.764. The first-order valence-electron chi connectivity index (χ1n) is 6.34. The zero-order valence-electron chi connectivity index (χ0n) is 10.5. The number of rotatable bonds is 3. The molecule has 88 valence electrons. The van der Waals surface area contributed by atoms with E-state index in [-0.39, 0.29) is 11.8 Å². The Kier molecular flexibility index (Phi) is 4.62. The highest BCUT2D eigenvalue weighted by Gasteiger charge is 2.34. The second-order valence-corrected chi connectivity index (χ2v) is 5.33. The van der Waals surface area contributed by atoms with Crippen LogP contribution in [0.15, 0.2) is 0 Å². The highest BCUT2D eigenvalue weighted by molar-refractivity contribution is 5.79. The van der Waals surface area contributed by atoms with Crippen LogP contribution in [0.3, 0.4) is 0 Å². The fourth-order valence-corrected chi connectivity index (χ4v) is 2.81. The van der Waals surface area contributed by atoms with Crippen molar-refractivity contribution in [3.8, 4) is 0 Å². The van der Waals surface area contributed by atoms with Gasteiger partial charge >= 0.3 is 0 Å². The molecule has 1 N–H and O–H groups in total. The van der Waals surface area contributed by atoms with Gasteiger partial charge in [-0.3, -0.25) is 4.79 Å². The molecule has 1 amide bonds. The van der Waals surface area contributed by atoms with E-state index >= 15 is 0 Å². The van der Waals surface area contributed by atoms with Crippen molar-refractivity contribution < 1.29 is 4.79 Å². The maximum atomic E-state index is 11.9. The van der Waals surface area contributed by atoms with Crippen molar-refractivity contribution in [2.24, 2.45) is 23.7 Å². The van der Waals surface area contributed by atoms with Crippen LogP contribution in [-0.2, 0) is 4.79 Å². The van der Waals surface area contributed by atoms with Gasteiger partial charge in [0.05, 0.1) is 0 Å². The molecular formula is C13H25NO. The van der Waals surface area contributed by atoms with Crippen LogP contribution in [0.1, 0.15) is 47.0 Å². The number of amides is 1. The zero-order valence-corrected chi connectivity index (χ0v) is 10.5. The van der Waals surface area contributed by atoms with Gasteiger partial charge < -0.3 is 5.32 Å². The minimum atomic E-state index is 0.258. The third-order valence-electron chi connectivity index (χ3n) is 3.71. The van der Waals surface area contributed by atoms with Crippen LogP contribution in [0.4, 0.5) is 0 Å². The lowest BCUT2D eigenvalue weighted by atomic mass is 9.70. The molecule has 2 heteroatoms. The Morgan fingerprint density at radius 2 is 2.07 bits per heavy atom. The Bertz CT molecular complexity index is 213. The Morgan fingerprint density at radius 1 is 1.40 bits per heavy atom. The number of hydrogen-bond acceptors (Lipinski definition) is 1. The highest BCUT2D eigenvalue weighted by atomic mass is 16.1. The molecule has 0 aromatic rings. The van der Waals surface area contributed by atoms with E-state index in [4.69, 9.17) is 0 Å². The normalized spacial score (nSPS) is 31.7. The van der Waals surface area contributed by atoms with E-state index in [0.29, 0.717) is 17.8 Å². The predicted molar refractivity (Wildman–Crippen MR) is 63.5 cm³/mol. The zero-order chi connectivity index (χ0) is 11.4. The molecule has 0 saturated heterocycles. The van der Waals surface area contributed by atoms with E-state index in [1.54, 1.807) is 0 Å². The number of nitrogens with one attached hydrogen (secondary N) is 1. The van der Waals surface area contributed by atoms with Crippen LogP contribution < -0.4 is 5.32 Å². The van der Waals surface area contributed by atoms with Crippen molar-refractivity contribution in [1.29, 1.82) is 0 Å². The molecule has 0 unspecified atom stereocenters. The summed E-state index contributed by atoms with van der Waals surface area (Å²) in [5.74, 6) is 2.47. The minimum Gasteiger partial charge on any atom is -0.356 e. The second kappa shape index (κ2) is 5.53. The molecule has 0 bridgehead atoms. The van der Waals surface area contributed by atoms with Gasteiger partial charge in [-0.25, -0.2) is 0 Å². The van der Waals surface area contributed by atoms with E-state index in [9.17, 15) is 4.79 Å². The first kappa shape index (κ1) is 12.5. The summed E-state index contributed by atoms with van der Waals surface area (Å²) in [7, 11) is 0. The lowest BCUT2D eigenvalue weighted by Gasteiger charge is -2.36. The molecule has 0 spiro atoms. The van der Waals surface area contributed by atoms with Crippen molar-refractivity contribution in [3.63, 3.8) is 0 Å². The van der Waals surface area contributed by atoms with Gasteiger partial charge in [0.1, 0.15) is 0 Å². The molecule has 0 aliphatic heterocycles. The van der Waals surface area contributed by atoms with Crippen LogP contribution in [0.5, 0.6) is 0 Å². The first-order chi connectivity index (χ1) is 7.06. The summed E-state index contributed by atoms with van der Waals surface area (Å²) in [6.07, 6.45) is 3.59. The number of carbonyl (C=O) groups is 1. The summed E-state index contributed by atoms with van der Waals surface area (Å²) in [5, 5.41) is 2.98. The fraction of sp³-hybridized carbons (Fsp3) is 0.923. The van der Waals surface area contributed by atoms with Crippen LogP contribution in [-0.4, -0.2) is 12.5 Å². The molecule has 0 heterocycles. The summed E-state index contributed by atoms with van der Waals surface area (Å²) >= 11 is 0. The predicted octanol–water partition coefficient (Wildman–Crippen LogP) is 2.83. The van der Waals surface area contributed by atoms with Crippen molar-refractivity contribution in [2.45, 2.75) is 47.0 Å². The molecule has 0 aromatic heterocycles. The van der Waals surface area contributed by atoms with Gasteiger partial charge in [-0.15, -0.1) is 0 Å². The number of hydrogen-bond donors (Lipinski definition) is 1. The van der Waals surface area contributed by atoms with Gasteiger partial charge in [0.15, 0.2) is 0 Å². The molecule has 0 aromatic carbocycles. The van der Waals surface area contributed by atoms with E-state index in [1.165, 1.54) is 12.8 Å². The highest BCUT2D eigenvalue weighted by Crippen LogP contribution is 2.37. The molecule has 1 aliphatic carbocycles. The molecule has 1 fully saturated rings. The molecule has 1 aliphatic rings. The smallest absolute Gasteiger partial charge is 0.223 e. The van der Waals surface area contributed by atoms with Crippen molar-refractivity contribution >= 4 is 5.91 Å². The third-order valence-corrected chi connectivity index (χ3v) is 3.71. The average Bonchev–Trinajstić information content (AvgIpc) is 2.17. The van der Waals surface area contributed by atoms with Gasteiger partial charge in [-0.2, -0.15) is 0 Å². The Morgan fingerprint density at radius 3 is 2.60 bits per heavy atom. The lowest BCUT2D eigenvalue weighted by Crippen LogP contribution is -2.40. The van der Waals surface area contributed by atoms with Crippen LogP contribution in [0.2, 0.25) is 0 Å². The SMILES string of the molecule is CCNC(=O)[C@@H]1C[C@@H](C)CC[C@@H]1C(C)C. The Labute approximate surface area is 93.8 Å². The minimum absolute atomic E-state index is 0.258. The van der Waals surface area contributed by atoms with E-state index in [0.717, 1.165) is 13.0 Å². The first-order valence-corrected chi connectivity index (χ1v) is 6.34. The third kappa shape index (κ3) is 3.22. The summed E-state index contributed by atoms with van der Waals surface area (Å²) < 4.78 is 0. The van der Waals surface area contributed by atoms with Gasteiger partial charge in [-0.1, -0.05) is 27.2 Å². The van der Waals surface area contributed by atoms with Gasteiger partial charge in [-0.05, 0) is 37.5 Å². The standard InChI is InChI=1S/C13H25NO/c1-5-14-13(15)12-8-10(4)6-7-11(12)9(2)3/h9-12H,5-8H2,1-4H3,(H,14,15)/t10-,11+,12+/m0/s1. The summed E-state index contributed by atoms with van der Waals surface area (Å²) in [6, 6.07) is 0. The van der Waals surface area contributed by atoms with Crippen LogP contribution in [0.25, 0.3) is 0 Å².